The molecular weight excluding hydrogens is 554 g/mol. The molecule has 0 atom stereocenters. The number of anilines is 2. The topological polar surface area (TPSA) is 94.6 Å². The van der Waals surface area contributed by atoms with E-state index < -0.39 is 10.0 Å². The van der Waals surface area contributed by atoms with E-state index in [1.807, 2.05) is 0 Å². The minimum absolute atomic E-state index is 0.0932. The second-order valence-corrected chi connectivity index (χ2v) is 12.5. The molecule has 3 aromatic carbocycles. The second kappa shape index (κ2) is 11.9. The highest BCUT2D eigenvalue weighted by atomic mass is 35.5. The molecule has 1 aliphatic heterocycles. The van der Waals surface area contributed by atoms with Gasteiger partial charge in [0.05, 0.1) is 15.1 Å². The highest BCUT2D eigenvalue weighted by Gasteiger charge is 2.21. The number of thiazole rings is 1. The number of hydrogen-bond acceptors (Lipinski definition) is 7. The van der Waals surface area contributed by atoms with E-state index in [-0.39, 0.29) is 10.8 Å². The largest absolute Gasteiger partial charge is 0.351 e. The van der Waals surface area contributed by atoms with Crippen LogP contribution in [-0.4, -0.2) is 63.5 Å². The lowest BCUT2D eigenvalue weighted by Crippen LogP contribution is -2.48. The quantitative estimate of drug-likeness (QED) is 0.292. The van der Waals surface area contributed by atoms with Gasteiger partial charge in [-0.05, 0) is 60.5 Å². The fourth-order valence-corrected chi connectivity index (χ4v) is 6.80. The molecule has 1 amide bonds. The average molecular weight is 584 g/mol. The van der Waals surface area contributed by atoms with Gasteiger partial charge in [-0.15, -0.1) is 0 Å². The number of sulfonamides is 1. The summed E-state index contributed by atoms with van der Waals surface area (Å²) in [5.74, 6) is -0.248. The van der Waals surface area contributed by atoms with E-state index in [1.165, 1.54) is 40.6 Å². The van der Waals surface area contributed by atoms with Crippen molar-refractivity contribution in [2.45, 2.75) is 18.2 Å². The first-order valence-corrected chi connectivity index (χ1v) is 15.5. The third kappa shape index (κ3) is 6.52. The summed E-state index contributed by atoms with van der Waals surface area (Å²) in [7, 11) is -3.79. The van der Waals surface area contributed by atoms with Crippen molar-refractivity contribution in [3.8, 4) is 0 Å². The number of amides is 1. The van der Waals surface area contributed by atoms with Crippen LogP contribution in [0.4, 0.5) is 10.8 Å². The maximum atomic E-state index is 12.7. The minimum atomic E-state index is -3.79. The molecule has 11 heteroatoms. The summed E-state index contributed by atoms with van der Waals surface area (Å²) in [5.41, 5.74) is 3.11. The average Bonchev–Trinajstić information content (AvgIpc) is 3.38. The Kier molecular flexibility index (Phi) is 8.37. The molecule has 4 aromatic rings. The van der Waals surface area contributed by atoms with Gasteiger partial charge in [-0.2, -0.15) is 0 Å². The molecule has 2 heterocycles. The molecule has 204 valence electrons. The van der Waals surface area contributed by atoms with Crippen molar-refractivity contribution in [2.24, 2.45) is 0 Å². The first-order valence-electron chi connectivity index (χ1n) is 12.8. The number of piperazine rings is 1. The minimum Gasteiger partial charge on any atom is -0.351 e. The lowest BCUT2D eigenvalue weighted by atomic mass is 10.1. The van der Waals surface area contributed by atoms with Crippen LogP contribution in [0.5, 0.6) is 0 Å². The molecule has 8 nitrogen and oxygen atoms in total. The van der Waals surface area contributed by atoms with Gasteiger partial charge in [-0.1, -0.05) is 48.1 Å². The standard InChI is InChI=1S/C28H30ClN5O3S2/c1-2-20-5-4-8-25-26(20)31-28(38-25)34-17-15-33(16-18-34)14-13-30-27(35)21-6-3-7-23(19-21)32-39(36,37)24-11-9-22(29)10-12-24/h3-12,19,32H,2,13-18H2,1H3,(H,30,35). The maximum Gasteiger partial charge on any atom is 0.261 e. The third-order valence-corrected chi connectivity index (χ3v) is 9.46. The molecule has 1 fully saturated rings. The summed E-state index contributed by atoms with van der Waals surface area (Å²) in [6.45, 7) is 6.98. The molecule has 0 radical (unpaired) electrons. The lowest BCUT2D eigenvalue weighted by Gasteiger charge is -2.34. The van der Waals surface area contributed by atoms with Crippen LogP contribution in [0.2, 0.25) is 5.02 Å². The number of carbonyl (C=O) groups excluding carboxylic acids is 1. The molecule has 0 spiro atoms. The van der Waals surface area contributed by atoms with Gasteiger partial charge in [0.2, 0.25) is 0 Å². The van der Waals surface area contributed by atoms with E-state index in [4.69, 9.17) is 16.6 Å². The number of benzene rings is 3. The Labute approximate surface area is 237 Å². The van der Waals surface area contributed by atoms with E-state index >= 15 is 0 Å². The Balaban J connectivity index is 1.11. The molecule has 0 aliphatic carbocycles. The van der Waals surface area contributed by atoms with E-state index in [0.29, 0.717) is 22.8 Å². The summed E-state index contributed by atoms with van der Waals surface area (Å²) in [6.07, 6.45) is 0.976. The number of para-hydroxylation sites is 1. The summed E-state index contributed by atoms with van der Waals surface area (Å²) in [6, 6.07) is 18.7. The number of aryl methyl sites for hydroxylation is 1. The number of hydrogen-bond donors (Lipinski definition) is 2. The van der Waals surface area contributed by atoms with Crippen molar-refractivity contribution in [3.63, 3.8) is 0 Å². The van der Waals surface area contributed by atoms with Crippen molar-refractivity contribution in [2.75, 3.05) is 48.9 Å². The summed E-state index contributed by atoms with van der Waals surface area (Å²) < 4.78 is 29.1. The Hall–Kier alpha value is -3.18. The first-order chi connectivity index (χ1) is 18.8. The normalized spacial score (nSPS) is 14.5. The van der Waals surface area contributed by atoms with Gasteiger partial charge >= 0.3 is 0 Å². The zero-order valence-corrected chi connectivity index (χ0v) is 24.0. The molecule has 1 aromatic heterocycles. The van der Waals surface area contributed by atoms with Crippen LogP contribution in [0.1, 0.15) is 22.8 Å². The predicted molar refractivity (Wildman–Crippen MR) is 159 cm³/mol. The van der Waals surface area contributed by atoms with E-state index in [9.17, 15) is 13.2 Å². The smallest absolute Gasteiger partial charge is 0.261 e. The van der Waals surface area contributed by atoms with Gasteiger partial charge in [-0.3, -0.25) is 14.4 Å². The van der Waals surface area contributed by atoms with Gasteiger partial charge in [0.25, 0.3) is 15.9 Å². The molecule has 1 aliphatic rings. The fourth-order valence-electron chi connectivity index (χ4n) is 4.56. The molecule has 5 rings (SSSR count). The van der Waals surface area contributed by atoms with Crippen LogP contribution in [0.25, 0.3) is 10.2 Å². The van der Waals surface area contributed by atoms with Crippen molar-refractivity contribution >= 4 is 59.9 Å². The SMILES string of the molecule is CCc1cccc2sc(N3CCN(CCNC(=O)c4cccc(NS(=O)(=O)c5ccc(Cl)cc5)c4)CC3)nc12. The van der Waals surface area contributed by atoms with Crippen molar-refractivity contribution < 1.29 is 13.2 Å². The maximum absolute atomic E-state index is 12.7. The molecule has 0 saturated carbocycles. The van der Waals surface area contributed by atoms with Gasteiger partial charge in [0.15, 0.2) is 5.13 Å². The van der Waals surface area contributed by atoms with Gasteiger partial charge in [-0.25, -0.2) is 13.4 Å². The zero-order chi connectivity index (χ0) is 27.4. The van der Waals surface area contributed by atoms with Crippen LogP contribution in [-0.2, 0) is 16.4 Å². The van der Waals surface area contributed by atoms with Crippen LogP contribution in [0.15, 0.2) is 71.6 Å². The van der Waals surface area contributed by atoms with Crippen LogP contribution in [0.3, 0.4) is 0 Å². The summed E-state index contributed by atoms with van der Waals surface area (Å²) in [5, 5.41) is 4.48. The van der Waals surface area contributed by atoms with Crippen LogP contribution < -0.4 is 14.9 Å². The number of nitrogens with zero attached hydrogens (tertiary/aromatic N) is 3. The highest BCUT2D eigenvalue weighted by molar-refractivity contribution is 7.92. The van der Waals surface area contributed by atoms with E-state index in [0.717, 1.165) is 49.8 Å². The van der Waals surface area contributed by atoms with Crippen molar-refractivity contribution in [1.29, 1.82) is 0 Å². The summed E-state index contributed by atoms with van der Waals surface area (Å²) >= 11 is 7.61. The Morgan fingerprint density at radius 3 is 2.51 bits per heavy atom. The molecule has 2 N–H and O–H groups in total. The Morgan fingerprint density at radius 1 is 1.03 bits per heavy atom. The number of carbonyl (C=O) groups is 1. The van der Waals surface area contributed by atoms with Gasteiger partial charge in [0, 0.05) is 55.5 Å². The number of aromatic nitrogens is 1. The lowest BCUT2D eigenvalue weighted by molar-refractivity contribution is 0.0948. The molecule has 1 saturated heterocycles. The number of halogens is 1. The molecular formula is C28H30ClN5O3S2. The first kappa shape index (κ1) is 27.4. The molecule has 0 bridgehead atoms. The van der Waals surface area contributed by atoms with Crippen LogP contribution in [0, 0.1) is 0 Å². The Bertz CT molecular complexity index is 1570. The molecule has 39 heavy (non-hydrogen) atoms. The third-order valence-electron chi connectivity index (χ3n) is 6.73. The summed E-state index contributed by atoms with van der Waals surface area (Å²) in [4.78, 5) is 22.4. The van der Waals surface area contributed by atoms with Crippen LogP contribution >= 0.6 is 22.9 Å². The Morgan fingerprint density at radius 2 is 1.77 bits per heavy atom. The monoisotopic (exact) mass is 583 g/mol. The zero-order valence-electron chi connectivity index (χ0n) is 21.6. The van der Waals surface area contributed by atoms with Gasteiger partial charge < -0.3 is 10.2 Å². The second-order valence-electron chi connectivity index (χ2n) is 9.34. The fraction of sp³-hybridized carbons (Fsp3) is 0.286. The van der Waals surface area contributed by atoms with Crippen molar-refractivity contribution in [1.82, 2.24) is 15.2 Å². The van der Waals surface area contributed by atoms with Gasteiger partial charge in [0.1, 0.15) is 0 Å². The molecule has 0 unspecified atom stereocenters. The number of fused-ring (bicyclic) bond motifs is 1. The number of nitrogens with one attached hydrogen (secondary N) is 2. The van der Waals surface area contributed by atoms with E-state index in [1.54, 1.807) is 29.5 Å². The number of rotatable bonds is 9. The van der Waals surface area contributed by atoms with E-state index in [2.05, 4.69) is 45.0 Å². The van der Waals surface area contributed by atoms with Crippen molar-refractivity contribution in [3.05, 3.63) is 82.9 Å². The predicted octanol–water partition coefficient (Wildman–Crippen LogP) is 4.86. The highest BCUT2D eigenvalue weighted by Crippen LogP contribution is 2.31.